The molecule has 21 heavy (non-hydrogen) atoms. The Kier molecular flexibility index (Phi) is 5.43. The van der Waals surface area contributed by atoms with E-state index in [0.717, 1.165) is 31.7 Å². The van der Waals surface area contributed by atoms with Crippen LogP contribution in [0.2, 0.25) is 0 Å². The van der Waals surface area contributed by atoms with E-state index >= 15 is 0 Å². The van der Waals surface area contributed by atoms with E-state index in [1.807, 2.05) is 25.5 Å². The topological polar surface area (TPSA) is 72.4 Å². The molecule has 6 nitrogen and oxygen atoms in total. The van der Waals surface area contributed by atoms with Crippen LogP contribution in [0.25, 0.3) is 0 Å². The third-order valence-corrected chi connectivity index (χ3v) is 5.34. The molecule has 0 bridgehead atoms. The van der Waals surface area contributed by atoms with Gasteiger partial charge >= 0.3 is 0 Å². The first-order valence-electron chi connectivity index (χ1n) is 7.44. The highest BCUT2D eigenvalue weighted by Gasteiger charge is 2.27. The van der Waals surface area contributed by atoms with Gasteiger partial charge in [0.15, 0.2) is 0 Å². The second-order valence-electron chi connectivity index (χ2n) is 5.52. The lowest BCUT2D eigenvalue weighted by molar-refractivity contribution is 0.0902. The molecule has 2 heterocycles. The predicted molar refractivity (Wildman–Crippen MR) is 81.6 cm³/mol. The van der Waals surface area contributed by atoms with Crippen LogP contribution >= 0.6 is 0 Å². The highest BCUT2D eigenvalue weighted by molar-refractivity contribution is 7.89. The van der Waals surface area contributed by atoms with Crippen molar-refractivity contribution in [1.29, 1.82) is 0 Å². The fraction of sp³-hybridized carbons (Fsp3) is 0.714. The summed E-state index contributed by atoms with van der Waals surface area (Å²) < 4.78 is 35.0. The summed E-state index contributed by atoms with van der Waals surface area (Å²) in [5, 5.41) is 3.20. The molecule has 1 saturated heterocycles. The Morgan fingerprint density at radius 1 is 1.52 bits per heavy atom. The summed E-state index contributed by atoms with van der Waals surface area (Å²) in [7, 11) is -1.65. The Labute approximate surface area is 126 Å². The number of nitrogens with one attached hydrogen (secondary N) is 2. The highest BCUT2D eigenvalue weighted by Crippen LogP contribution is 2.19. The van der Waals surface area contributed by atoms with Crippen molar-refractivity contribution in [3.05, 3.63) is 18.0 Å². The summed E-state index contributed by atoms with van der Waals surface area (Å²) in [6, 6.07) is 1.50. The van der Waals surface area contributed by atoms with Crippen LogP contribution in [0.4, 0.5) is 0 Å². The number of nitrogens with zero attached hydrogens (tertiary/aromatic N) is 1. The lowest BCUT2D eigenvalue weighted by Gasteiger charge is -2.19. The molecule has 0 spiro atoms. The predicted octanol–water partition coefficient (Wildman–Crippen LogP) is 0.980. The van der Waals surface area contributed by atoms with Crippen LogP contribution in [-0.4, -0.2) is 38.3 Å². The number of hydrogen-bond acceptors (Lipinski definition) is 4. The maximum atomic E-state index is 12.4. The van der Waals surface area contributed by atoms with E-state index in [9.17, 15) is 8.42 Å². The number of aromatic nitrogens is 1. The summed E-state index contributed by atoms with van der Waals surface area (Å²) in [6.45, 7) is 6.10. The second-order valence-corrected chi connectivity index (χ2v) is 7.23. The fourth-order valence-electron chi connectivity index (χ4n) is 2.54. The smallest absolute Gasteiger partial charge is 0.242 e. The number of sulfonamides is 1. The van der Waals surface area contributed by atoms with Crippen LogP contribution < -0.4 is 10.0 Å². The summed E-state index contributed by atoms with van der Waals surface area (Å²) >= 11 is 0. The molecular weight excluding hydrogens is 290 g/mol. The van der Waals surface area contributed by atoms with Gasteiger partial charge in [-0.25, -0.2) is 13.1 Å². The Hall–Kier alpha value is -0.890. The summed E-state index contributed by atoms with van der Waals surface area (Å²) in [6.07, 6.45) is 3.53. The minimum atomic E-state index is -3.50. The average Bonchev–Trinajstić information content (AvgIpc) is 3.05. The maximum absolute atomic E-state index is 12.4. The monoisotopic (exact) mass is 315 g/mol. The van der Waals surface area contributed by atoms with Crippen LogP contribution in [-0.2, 0) is 28.4 Å². The second kappa shape index (κ2) is 6.91. The molecule has 1 aromatic heterocycles. The molecule has 1 aromatic rings. The molecule has 1 fully saturated rings. The van der Waals surface area contributed by atoms with E-state index in [1.54, 1.807) is 12.3 Å². The van der Waals surface area contributed by atoms with Crippen molar-refractivity contribution in [2.24, 2.45) is 7.05 Å². The van der Waals surface area contributed by atoms with Crippen molar-refractivity contribution in [2.45, 2.75) is 50.3 Å². The Morgan fingerprint density at radius 3 is 2.90 bits per heavy atom. The van der Waals surface area contributed by atoms with Crippen molar-refractivity contribution >= 4 is 10.0 Å². The zero-order chi connectivity index (χ0) is 15.5. The molecular formula is C14H25N3O3S. The van der Waals surface area contributed by atoms with Gasteiger partial charge < -0.3 is 14.6 Å². The van der Waals surface area contributed by atoms with Gasteiger partial charge in [-0.1, -0.05) is 6.92 Å². The summed E-state index contributed by atoms with van der Waals surface area (Å²) in [5.41, 5.74) is 0.946. The lowest BCUT2D eigenvalue weighted by Crippen LogP contribution is -2.40. The molecule has 0 aliphatic carbocycles. The van der Waals surface area contributed by atoms with Gasteiger partial charge in [0, 0.05) is 38.1 Å². The number of rotatable bonds is 7. The molecule has 2 unspecified atom stereocenters. The molecule has 2 rings (SSSR count). The normalized spacial score (nSPS) is 20.8. The van der Waals surface area contributed by atoms with Crippen molar-refractivity contribution in [1.82, 2.24) is 14.6 Å². The van der Waals surface area contributed by atoms with Crippen LogP contribution in [0.5, 0.6) is 0 Å². The molecule has 0 radical (unpaired) electrons. The first-order chi connectivity index (χ1) is 9.94. The van der Waals surface area contributed by atoms with E-state index in [2.05, 4.69) is 10.0 Å². The van der Waals surface area contributed by atoms with Gasteiger partial charge in [0.2, 0.25) is 10.0 Å². The molecule has 1 aliphatic heterocycles. The first-order valence-corrected chi connectivity index (χ1v) is 8.92. The standard InChI is InChI=1S/C14H25N3O3S/c1-4-15-9-12-8-13(10-17(12)3)21(18,19)16-11(2)14-6-5-7-20-14/h8,10-11,14-16H,4-7,9H2,1-3H3. The van der Waals surface area contributed by atoms with Gasteiger partial charge in [-0.15, -0.1) is 0 Å². The zero-order valence-electron chi connectivity index (χ0n) is 12.9. The van der Waals surface area contributed by atoms with Crippen LogP contribution in [0.3, 0.4) is 0 Å². The SMILES string of the molecule is CCNCc1cc(S(=O)(=O)NC(C)C2CCCO2)cn1C. The number of aryl methyl sites for hydroxylation is 1. The minimum Gasteiger partial charge on any atom is -0.377 e. The molecule has 2 N–H and O–H groups in total. The Balaban J connectivity index is 2.08. The van der Waals surface area contributed by atoms with Gasteiger partial charge in [-0.3, -0.25) is 0 Å². The van der Waals surface area contributed by atoms with Gasteiger partial charge in [0.05, 0.1) is 11.0 Å². The zero-order valence-corrected chi connectivity index (χ0v) is 13.7. The van der Waals surface area contributed by atoms with Crippen molar-refractivity contribution in [2.75, 3.05) is 13.2 Å². The Morgan fingerprint density at radius 2 is 2.29 bits per heavy atom. The van der Waals surface area contributed by atoms with Gasteiger partial charge in [-0.05, 0) is 32.4 Å². The molecule has 2 atom stereocenters. The third kappa shape index (κ3) is 4.06. The van der Waals surface area contributed by atoms with Gasteiger partial charge in [0.1, 0.15) is 0 Å². The average molecular weight is 315 g/mol. The fourth-order valence-corrected chi connectivity index (χ4v) is 3.90. The third-order valence-electron chi connectivity index (χ3n) is 3.81. The molecule has 0 aromatic carbocycles. The van der Waals surface area contributed by atoms with Gasteiger partial charge in [0.25, 0.3) is 0 Å². The van der Waals surface area contributed by atoms with E-state index < -0.39 is 10.0 Å². The van der Waals surface area contributed by atoms with E-state index in [4.69, 9.17) is 4.74 Å². The van der Waals surface area contributed by atoms with E-state index in [0.29, 0.717) is 11.4 Å². The van der Waals surface area contributed by atoms with E-state index in [-0.39, 0.29) is 12.1 Å². The number of hydrogen-bond donors (Lipinski definition) is 2. The summed E-state index contributed by atoms with van der Waals surface area (Å²) in [5.74, 6) is 0. The molecule has 0 saturated carbocycles. The van der Waals surface area contributed by atoms with Crippen molar-refractivity contribution < 1.29 is 13.2 Å². The van der Waals surface area contributed by atoms with Crippen LogP contribution in [0.1, 0.15) is 32.4 Å². The molecule has 7 heteroatoms. The molecule has 120 valence electrons. The summed E-state index contributed by atoms with van der Waals surface area (Å²) in [4.78, 5) is 0.308. The van der Waals surface area contributed by atoms with Crippen LogP contribution in [0, 0.1) is 0 Å². The van der Waals surface area contributed by atoms with Crippen molar-refractivity contribution in [3.63, 3.8) is 0 Å². The Bertz CT molecular complexity index is 562. The molecule has 1 aliphatic rings. The van der Waals surface area contributed by atoms with Gasteiger partial charge in [-0.2, -0.15) is 0 Å². The minimum absolute atomic E-state index is 0.0234. The van der Waals surface area contributed by atoms with Crippen LogP contribution in [0.15, 0.2) is 17.2 Å². The van der Waals surface area contributed by atoms with E-state index in [1.165, 1.54) is 0 Å². The quantitative estimate of drug-likeness (QED) is 0.787. The maximum Gasteiger partial charge on any atom is 0.242 e. The number of ether oxygens (including phenoxy) is 1. The van der Waals surface area contributed by atoms with Crippen molar-refractivity contribution in [3.8, 4) is 0 Å². The highest BCUT2D eigenvalue weighted by atomic mass is 32.2. The first kappa shape index (κ1) is 16.5. The largest absolute Gasteiger partial charge is 0.377 e. The molecule has 0 amide bonds. The lowest BCUT2D eigenvalue weighted by atomic mass is 10.1.